The summed E-state index contributed by atoms with van der Waals surface area (Å²) in [4.78, 5) is 13.5. The van der Waals surface area contributed by atoms with E-state index in [1.165, 1.54) is 7.11 Å². The van der Waals surface area contributed by atoms with Crippen LogP contribution in [0.3, 0.4) is 0 Å². The summed E-state index contributed by atoms with van der Waals surface area (Å²) in [6.45, 7) is 3.27. The number of carbonyl (C=O) groups is 1. The van der Waals surface area contributed by atoms with Gasteiger partial charge in [-0.15, -0.1) is 0 Å². The van der Waals surface area contributed by atoms with E-state index < -0.39 is 0 Å². The molecule has 1 aromatic carbocycles. The third-order valence-corrected chi connectivity index (χ3v) is 3.30. The van der Waals surface area contributed by atoms with Crippen LogP contribution in [-0.2, 0) is 16.1 Å². The van der Waals surface area contributed by atoms with Crippen LogP contribution < -0.4 is 0 Å². The van der Waals surface area contributed by atoms with E-state index in [9.17, 15) is 4.79 Å². The fraction of sp³-hybridized carbons (Fsp3) is 0.375. The van der Waals surface area contributed by atoms with E-state index in [2.05, 4.69) is 10.00 Å². The summed E-state index contributed by atoms with van der Waals surface area (Å²) in [5.41, 5.74) is 2.15. The molecule has 0 amide bonds. The fourth-order valence-electron chi connectivity index (χ4n) is 2.28. The lowest BCUT2D eigenvalue weighted by Crippen LogP contribution is -2.28. The first kappa shape index (κ1) is 15.3. The van der Waals surface area contributed by atoms with Crippen molar-refractivity contribution in [1.29, 1.82) is 0 Å². The Balaban J connectivity index is 1.95. The molecule has 1 atom stereocenters. The molecule has 21 heavy (non-hydrogen) atoms. The van der Waals surface area contributed by atoms with Crippen molar-refractivity contribution < 1.29 is 9.53 Å². The molecule has 0 aliphatic carbocycles. The monoisotopic (exact) mass is 287 g/mol. The molecule has 0 N–H and O–H groups in total. The van der Waals surface area contributed by atoms with Crippen LogP contribution in [-0.4, -0.2) is 41.4 Å². The first-order chi connectivity index (χ1) is 10.1. The number of para-hydroxylation sites is 1. The van der Waals surface area contributed by atoms with Crippen LogP contribution in [0, 0.1) is 5.92 Å². The minimum atomic E-state index is -0.179. The van der Waals surface area contributed by atoms with Crippen LogP contribution in [0.2, 0.25) is 0 Å². The maximum absolute atomic E-state index is 11.4. The molecule has 2 aromatic rings. The van der Waals surface area contributed by atoms with Gasteiger partial charge in [-0.2, -0.15) is 5.10 Å². The van der Waals surface area contributed by atoms with Crippen molar-refractivity contribution in [2.24, 2.45) is 5.92 Å². The average molecular weight is 287 g/mol. The molecule has 0 saturated carbocycles. The van der Waals surface area contributed by atoms with Crippen molar-refractivity contribution in [2.75, 3.05) is 20.7 Å². The largest absolute Gasteiger partial charge is 0.469 e. The van der Waals surface area contributed by atoms with Gasteiger partial charge in [-0.3, -0.25) is 4.79 Å². The van der Waals surface area contributed by atoms with Crippen molar-refractivity contribution >= 4 is 5.97 Å². The maximum Gasteiger partial charge on any atom is 0.309 e. The van der Waals surface area contributed by atoms with Gasteiger partial charge >= 0.3 is 5.97 Å². The summed E-state index contributed by atoms with van der Waals surface area (Å²) >= 11 is 0. The van der Waals surface area contributed by atoms with E-state index in [-0.39, 0.29) is 11.9 Å². The molecule has 1 heterocycles. The smallest absolute Gasteiger partial charge is 0.309 e. The lowest BCUT2D eigenvalue weighted by Gasteiger charge is -2.19. The summed E-state index contributed by atoms with van der Waals surface area (Å²) in [6, 6.07) is 9.98. The molecule has 2 rings (SSSR count). The van der Waals surface area contributed by atoms with Gasteiger partial charge in [0.05, 0.1) is 24.9 Å². The van der Waals surface area contributed by atoms with Crippen molar-refractivity contribution in [2.45, 2.75) is 13.5 Å². The molecule has 5 heteroatoms. The van der Waals surface area contributed by atoms with Gasteiger partial charge in [0, 0.05) is 24.8 Å². The zero-order valence-electron chi connectivity index (χ0n) is 12.7. The molecule has 0 unspecified atom stereocenters. The molecular weight excluding hydrogens is 266 g/mol. The number of hydrogen-bond donors (Lipinski definition) is 0. The van der Waals surface area contributed by atoms with Crippen molar-refractivity contribution in [1.82, 2.24) is 14.7 Å². The number of nitrogens with zero attached hydrogens (tertiary/aromatic N) is 3. The number of aromatic nitrogens is 2. The molecule has 0 saturated heterocycles. The summed E-state index contributed by atoms with van der Waals surface area (Å²) < 4.78 is 6.60. The Morgan fingerprint density at radius 1 is 1.38 bits per heavy atom. The molecule has 0 bridgehead atoms. The Hall–Kier alpha value is -2.14. The van der Waals surface area contributed by atoms with Gasteiger partial charge in [0.2, 0.25) is 0 Å². The number of carbonyl (C=O) groups excluding carboxylic acids is 1. The van der Waals surface area contributed by atoms with Crippen LogP contribution in [0.5, 0.6) is 0 Å². The van der Waals surface area contributed by atoms with Gasteiger partial charge in [0.1, 0.15) is 0 Å². The van der Waals surface area contributed by atoms with Gasteiger partial charge in [0.15, 0.2) is 0 Å². The topological polar surface area (TPSA) is 47.4 Å². The first-order valence-corrected chi connectivity index (χ1v) is 6.95. The van der Waals surface area contributed by atoms with Crippen LogP contribution in [0.15, 0.2) is 42.7 Å². The van der Waals surface area contributed by atoms with Crippen LogP contribution in [0.1, 0.15) is 12.5 Å². The second kappa shape index (κ2) is 7.04. The standard InChI is InChI=1S/C16H21N3O2/c1-13(16(20)21-3)10-18(2)11-14-9-17-19(12-14)15-7-5-4-6-8-15/h4-9,12-13H,10-11H2,1-3H3/t13-/m0/s1. The highest BCUT2D eigenvalue weighted by atomic mass is 16.5. The van der Waals surface area contributed by atoms with Crippen molar-refractivity contribution in [3.05, 3.63) is 48.3 Å². The average Bonchev–Trinajstić information content (AvgIpc) is 2.95. The van der Waals surface area contributed by atoms with E-state index in [4.69, 9.17) is 4.74 Å². The number of benzene rings is 1. The highest BCUT2D eigenvalue weighted by Crippen LogP contribution is 2.10. The lowest BCUT2D eigenvalue weighted by atomic mass is 10.1. The summed E-state index contributed by atoms with van der Waals surface area (Å²) in [5.74, 6) is -0.314. The SMILES string of the molecule is COC(=O)[C@@H](C)CN(C)Cc1cnn(-c2ccccc2)c1. The molecule has 0 aliphatic rings. The summed E-state index contributed by atoms with van der Waals surface area (Å²) in [7, 11) is 3.40. The molecule has 5 nitrogen and oxygen atoms in total. The lowest BCUT2D eigenvalue weighted by molar-refractivity contribution is -0.145. The van der Waals surface area contributed by atoms with Crippen molar-refractivity contribution in [3.63, 3.8) is 0 Å². The number of rotatable bonds is 6. The molecule has 0 radical (unpaired) electrons. The molecule has 0 aliphatic heterocycles. The number of esters is 1. The Bertz CT molecular complexity index is 580. The quantitative estimate of drug-likeness (QED) is 0.764. The number of hydrogen-bond acceptors (Lipinski definition) is 4. The molecule has 0 spiro atoms. The molecule has 112 valence electrons. The predicted molar refractivity (Wildman–Crippen MR) is 81.1 cm³/mol. The van der Waals surface area contributed by atoms with Gasteiger partial charge in [-0.25, -0.2) is 4.68 Å². The number of ether oxygens (including phenoxy) is 1. The van der Waals surface area contributed by atoms with E-state index in [0.29, 0.717) is 6.54 Å². The van der Waals surface area contributed by atoms with Gasteiger partial charge in [0.25, 0.3) is 0 Å². The second-order valence-electron chi connectivity index (χ2n) is 5.25. The third-order valence-electron chi connectivity index (χ3n) is 3.30. The van der Waals surface area contributed by atoms with E-state index in [0.717, 1.165) is 17.8 Å². The maximum atomic E-state index is 11.4. The Kier molecular flexibility index (Phi) is 5.11. The van der Waals surface area contributed by atoms with Crippen LogP contribution in [0.4, 0.5) is 0 Å². The molecular formula is C16H21N3O2. The molecule has 0 fully saturated rings. The summed E-state index contributed by atoms with van der Waals surface area (Å²) in [5, 5.41) is 4.37. The first-order valence-electron chi connectivity index (χ1n) is 6.95. The highest BCUT2D eigenvalue weighted by molar-refractivity contribution is 5.72. The third kappa shape index (κ3) is 4.16. The van der Waals surface area contributed by atoms with Crippen LogP contribution in [0.25, 0.3) is 5.69 Å². The van der Waals surface area contributed by atoms with Gasteiger partial charge < -0.3 is 9.64 Å². The van der Waals surface area contributed by atoms with Gasteiger partial charge in [-0.1, -0.05) is 25.1 Å². The Morgan fingerprint density at radius 2 is 2.10 bits per heavy atom. The number of methoxy groups -OCH3 is 1. The minimum absolute atomic E-state index is 0.135. The predicted octanol–water partition coefficient (Wildman–Crippen LogP) is 2.11. The normalized spacial score (nSPS) is 12.4. The van der Waals surface area contributed by atoms with E-state index in [1.807, 2.05) is 61.4 Å². The molecule has 1 aromatic heterocycles. The minimum Gasteiger partial charge on any atom is -0.469 e. The Morgan fingerprint density at radius 3 is 2.76 bits per heavy atom. The van der Waals surface area contributed by atoms with E-state index in [1.54, 1.807) is 0 Å². The van der Waals surface area contributed by atoms with Crippen molar-refractivity contribution in [3.8, 4) is 5.69 Å². The van der Waals surface area contributed by atoms with Gasteiger partial charge in [-0.05, 0) is 19.2 Å². The zero-order chi connectivity index (χ0) is 15.2. The zero-order valence-corrected chi connectivity index (χ0v) is 12.7. The van der Waals surface area contributed by atoms with E-state index >= 15 is 0 Å². The summed E-state index contributed by atoms with van der Waals surface area (Å²) in [6.07, 6.45) is 3.86. The second-order valence-corrected chi connectivity index (χ2v) is 5.25. The van der Waals surface area contributed by atoms with Crippen LogP contribution >= 0.6 is 0 Å². The Labute approximate surface area is 125 Å². The highest BCUT2D eigenvalue weighted by Gasteiger charge is 2.15. The fourth-order valence-corrected chi connectivity index (χ4v) is 2.28.